The largest absolute Gasteiger partial charge is 0.336 e. The highest BCUT2D eigenvalue weighted by atomic mass is 16.2. The van der Waals surface area contributed by atoms with Crippen LogP contribution in [0.15, 0.2) is 66.8 Å². The molecular formula is C21H24N2O. The number of carbonyl (C=O) groups is 1. The van der Waals surface area contributed by atoms with Crippen molar-refractivity contribution < 1.29 is 4.79 Å². The average molecular weight is 320 g/mol. The molecule has 1 aliphatic carbocycles. The molecule has 0 radical (unpaired) electrons. The first-order valence-corrected chi connectivity index (χ1v) is 8.45. The Morgan fingerprint density at radius 3 is 2.38 bits per heavy atom. The van der Waals surface area contributed by atoms with Gasteiger partial charge in [-0.3, -0.25) is 9.69 Å². The second-order valence-electron chi connectivity index (χ2n) is 6.37. The monoisotopic (exact) mass is 320 g/mol. The lowest BCUT2D eigenvalue weighted by molar-refractivity contribution is 0.0648. The summed E-state index contributed by atoms with van der Waals surface area (Å²) in [6.07, 6.45) is 9.25. The van der Waals surface area contributed by atoms with Crippen LogP contribution in [0, 0.1) is 0 Å². The predicted octanol–water partition coefficient (Wildman–Crippen LogP) is 3.53. The number of amides is 1. The molecule has 124 valence electrons. The highest BCUT2D eigenvalue weighted by Gasteiger charge is 2.22. The van der Waals surface area contributed by atoms with Crippen molar-refractivity contribution in [1.29, 1.82) is 0 Å². The Bertz CT molecular complexity index is 689. The van der Waals surface area contributed by atoms with E-state index in [1.54, 1.807) is 6.08 Å². The molecule has 0 bridgehead atoms. The zero-order valence-electron chi connectivity index (χ0n) is 14.1. The predicted molar refractivity (Wildman–Crippen MR) is 99.9 cm³/mol. The van der Waals surface area contributed by atoms with Gasteiger partial charge in [0.25, 0.3) is 5.91 Å². The van der Waals surface area contributed by atoms with Gasteiger partial charge in [0.1, 0.15) is 0 Å². The number of hydrogen-bond donors (Lipinski definition) is 0. The van der Waals surface area contributed by atoms with Crippen molar-refractivity contribution in [3.8, 4) is 0 Å². The van der Waals surface area contributed by atoms with Gasteiger partial charge in [-0.25, -0.2) is 0 Å². The van der Waals surface area contributed by atoms with Crippen molar-refractivity contribution in [2.24, 2.45) is 0 Å². The van der Waals surface area contributed by atoms with E-state index < -0.39 is 0 Å². The van der Waals surface area contributed by atoms with Crippen LogP contribution in [0.4, 0.5) is 0 Å². The molecule has 0 aromatic heterocycles. The standard InChI is InChI=1S/C21H24N2O/c1-3-18-8-10-20(11-9-18)21(24)23-14-12-22(13-15-23)16-19-6-4-17(2)5-7-19/h3-4,6-11H,1-2,5,12-16H2. The Morgan fingerprint density at radius 2 is 1.79 bits per heavy atom. The molecule has 1 aliphatic heterocycles. The maximum atomic E-state index is 12.6. The van der Waals surface area contributed by atoms with Gasteiger partial charge in [-0.1, -0.05) is 55.2 Å². The Morgan fingerprint density at radius 1 is 1.08 bits per heavy atom. The lowest BCUT2D eigenvalue weighted by atomic mass is 10.0. The summed E-state index contributed by atoms with van der Waals surface area (Å²) in [5.41, 5.74) is 4.30. The van der Waals surface area contributed by atoms with Gasteiger partial charge in [-0.15, -0.1) is 0 Å². The van der Waals surface area contributed by atoms with E-state index in [-0.39, 0.29) is 5.91 Å². The highest BCUT2D eigenvalue weighted by Crippen LogP contribution is 2.16. The third kappa shape index (κ3) is 3.92. The SMILES string of the molecule is C=Cc1ccc(C(=O)N2CCN(CC3=CCC(=C)C=C3)CC2)cc1. The molecule has 1 heterocycles. The van der Waals surface area contributed by atoms with Crippen LogP contribution in [0.1, 0.15) is 22.3 Å². The van der Waals surface area contributed by atoms with E-state index >= 15 is 0 Å². The number of hydrogen-bond acceptors (Lipinski definition) is 2. The van der Waals surface area contributed by atoms with E-state index in [2.05, 4.69) is 36.3 Å². The van der Waals surface area contributed by atoms with Gasteiger partial charge in [0.15, 0.2) is 0 Å². The van der Waals surface area contributed by atoms with Crippen LogP contribution in [0.25, 0.3) is 6.08 Å². The molecule has 1 aromatic carbocycles. The third-order valence-corrected chi connectivity index (χ3v) is 4.62. The number of benzene rings is 1. The molecule has 1 amide bonds. The van der Waals surface area contributed by atoms with Crippen molar-refractivity contribution >= 4 is 12.0 Å². The molecule has 1 saturated heterocycles. The van der Waals surface area contributed by atoms with Crippen LogP contribution in [0.2, 0.25) is 0 Å². The zero-order valence-corrected chi connectivity index (χ0v) is 14.1. The summed E-state index contributed by atoms with van der Waals surface area (Å²) in [7, 11) is 0. The molecule has 1 aromatic rings. The molecule has 0 saturated carbocycles. The second-order valence-corrected chi connectivity index (χ2v) is 6.37. The Balaban J connectivity index is 1.52. The van der Waals surface area contributed by atoms with Crippen molar-refractivity contribution in [1.82, 2.24) is 9.80 Å². The van der Waals surface area contributed by atoms with E-state index in [1.165, 1.54) is 5.57 Å². The van der Waals surface area contributed by atoms with Crippen LogP contribution in [-0.4, -0.2) is 48.4 Å². The van der Waals surface area contributed by atoms with Gasteiger partial charge < -0.3 is 4.90 Å². The Labute approximate surface area is 144 Å². The highest BCUT2D eigenvalue weighted by molar-refractivity contribution is 5.94. The summed E-state index contributed by atoms with van der Waals surface area (Å²) in [4.78, 5) is 16.9. The van der Waals surface area contributed by atoms with Gasteiger partial charge in [0.2, 0.25) is 0 Å². The summed E-state index contributed by atoms with van der Waals surface area (Å²) in [6, 6.07) is 7.64. The first-order chi connectivity index (χ1) is 11.7. The summed E-state index contributed by atoms with van der Waals surface area (Å²) in [5, 5.41) is 0. The molecule has 0 atom stereocenters. The fraction of sp³-hybridized carbons (Fsp3) is 0.286. The maximum Gasteiger partial charge on any atom is 0.253 e. The van der Waals surface area contributed by atoms with E-state index in [9.17, 15) is 4.79 Å². The summed E-state index contributed by atoms with van der Waals surface area (Å²) >= 11 is 0. The molecule has 3 rings (SSSR count). The molecule has 2 aliphatic rings. The van der Waals surface area contributed by atoms with Crippen LogP contribution >= 0.6 is 0 Å². The fourth-order valence-electron chi connectivity index (χ4n) is 3.05. The van der Waals surface area contributed by atoms with Crippen molar-refractivity contribution in [3.63, 3.8) is 0 Å². The first kappa shape index (κ1) is 16.5. The second kappa shape index (κ2) is 7.45. The van der Waals surface area contributed by atoms with E-state index in [1.807, 2.05) is 29.2 Å². The minimum absolute atomic E-state index is 0.123. The molecule has 1 fully saturated rings. The number of allylic oxidation sites excluding steroid dienone is 3. The first-order valence-electron chi connectivity index (χ1n) is 8.45. The Kier molecular flexibility index (Phi) is 5.11. The van der Waals surface area contributed by atoms with Crippen molar-refractivity contribution in [2.75, 3.05) is 32.7 Å². The molecule has 0 N–H and O–H groups in total. The van der Waals surface area contributed by atoms with Gasteiger partial charge in [0.05, 0.1) is 0 Å². The smallest absolute Gasteiger partial charge is 0.253 e. The lowest BCUT2D eigenvalue weighted by Gasteiger charge is -2.35. The maximum absolute atomic E-state index is 12.6. The van der Waals surface area contributed by atoms with E-state index in [0.29, 0.717) is 0 Å². The number of rotatable bonds is 4. The van der Waals surface area contributed by atoms with Crippen LogP contribution in [0.3, 0.4) is 0 Å². The average Bonchev–Trinajstić information content (AvgIpc) is 2.64. The lowest BCUT2D eigenvalue weighted by Crippen LogP contribution is -2.49. The van der Waals surface area contributed by atoms with Crippen LogP contribution in [0.5, 0.6) is 0 Å². The number of nitrogens with zero attached hydrogens (tertiary/aromatic N) is 2. The number of carbonyl (C=O) groups excluding carboxylic acids is 1. The fourth-order valence-corrected chi connectivity index (χ4v) is 3.05. The molecule has 24 heavy (non-hydrogen) atoms. The molecule has 0 unspecified atom stereocenters. The summed E-state index contributed by atoms with van der Waals surface area (Å²) < 4.78 is 0. The Hall–Kier alpha value is -2.39. The summed E-state index contributed by atoms with van der Waals surface area (Å²) in [5.74, 6) is 0.123. The molecular weight excluding hydrogens is 296 g/mol. The topological polar surface area (TPSA) is 23.6 Å². The molecule has 3 nitrogen and oxygen atoms in total. The van der Waals surface area contributed by atoms with Crippen LogP contribution in [-0.2, 0) is 0 Å². The summed E-state index contributed by atoms with van der Waals surface area (Å²) in [6.45, 7) is 12.1. The minimum Gasteiger partial charge on any atom is -0.336 e. The zero-order chi connectivity index (χ0) is 16.9. The minimum atomic E-state index is 0.123. The van der Waals surface area contributed by atoms with Crippen LogP contribution < -0.4 is 0 Å². The van der Waals surface area contributed by atoms with E-state index in [4.69, 9.17) is 0 Å². The van der Waals surface area contributed by atoms with Gasteiger partial charge in [0, 0.05) is 38.3 Å². The van der Waals surface area contributed by atoms with E-state index in [0.717, 1.165) is 55.8 Å². The quantitative estimate of drug-likeness (QED) is 0.847. The van der Waals surface area contributed by atoms with Gasteiger partial charge in [-0.05, 0) is 29.7 Å². The van der Waals surface area contributed by atoms with Gasteiger partial charge >= 0.3 is 0 Å². The molecule has 0 spiro atoms. The molecule has 3 heteroatoms. The van der Waals surface area contributed by atoms with Crippen molar-refractivity contribution in [2.45, 2.75) is 6.42 Å². The van der Waals surface area contributed by atoms with Crippen molar-refractivity contribution in [3.05, 3.63) is 77.9 Å². The normalized spacial score (nSPS) is 18.4. The number of piperazine rings is 1. The third-order valence-electron chi connectivity index (χ3n) is 4.62. The van der Waals surface area contributed by atoms with Gasteiger partial charge in [-0.2, -0.15) is 0 Å².